The molecule has 0 aliphatic heterocycles. The van der Waals surface area contributed by atoms with E-state index in [9.17, 15) is 9.59 Å². The smallest absolute Gasteiger partial charge is 0.338 e. The number of ether oxygens (including phenoxy) is 1. The highest BCUT2D eigenvalue weighted by atomic mass is 16.5. The van der Waals surface area contributed by atoms with Crippen molar-refractivity contribution >= 4 is 17.6 Å². The predicted molar refractivity (Wildman–Crippen MR) is 99.7 cm³/mol. The number of aryl methyl sites for hydroxylation is 1. The lowest BCUT2D eigenvalue weighted by Crippen LogP contribution is -2.11. The van der Waals surface area contributed by atoms with E-state index in [1.807, 2.05) is 19.1 Å². The average molecular weight is 339 g/mol. The molecule has 0 unspecified atom stereocenters. The SMILES string of the molecule is CC(=O)Nc1cc(C(=O)OCc2ccc(C(C)(C)C)cc2)ccc1C. The summed E-state index contributed by atoms with van der Waals surface area (Å²) in [6.45, 7) is 10.00. The van der Waals surface area contributed by atoms with Gasteiger partial charge in [0.2, 0.25) is 5.91 Å². The van der Waals surface area contributed by atoms with Crippen molar-refractivity contribution in [1.29, 1.82) is 0 Å². The largest absolute Gasteiger partial charge is 0.457 e. The van der Waals surface area contributed by atoms with Crippen LogP contribution < -0.4 is 5.32 Å². The number of hydrogen-bond donors (Lipinski definition) is 1. The van der Waals surface area contributed by atoms with Gasteiger partial charge in [-0.15, -0.1) is 0 Å². The molecular formula is C21H25NO3. The van der Waals surface area contributed by atoms with Crippen LogP contribution >= 0.6 is 0 Å². The minimum Gasteiger partial charge on any atom is -0.457 e. The van der Waals surface area contributed by atoms with Crippen molar-refractivity contribution < 1.29 is 14.3 Å². The minimum absolute atomic E-state index is 0.0945. The van der Waals surface area contributed by atoms with E-state index < -0.39 is 5.97 Å². The van der Waals surface area contributed by atoms with Crippen LogP contribution in [0.25, 0.3) is 0 Å². The Bertz CT molecular complexity index is 771. The first-order chi connectivity index (χ1) is 11.7. The number of rotatable bonds is 4. The van der Waals surface area contributed by atoms with E-state index in [-0.39, 0.29) is 17.9 Å². The van der Waals surface area contributed by atoms with E-state index in [0.717, 1.165) is 11.1 Å². The first-order valence-electron chi connectivity index (χ1n) is 8.31. The summed E-state index contributed by atoms with van der Waals surface area (Å²) in [6.07, 6.45) is 0. The molecule has 0 saturated heterocycles. The maximum atomic E-state index is 12.3. The van der Waals surface area contributed by atoms with Gasteiger partial charge in [0.05, 0.1) is 5.56 Å². The topological polar surface area (TPSA) is 55.4 Å². The Morgan fingerprint density at radius 3 is 2.24 bits per heavy atom. The highest BCUT2D eigenvalue weighted by Gasteiger charge is 2.14. The van der Waals surface area contributed by atoms with E-state index in [4.69, 9.17) is 4.74 Å². The van der Waals surface area contributed by atoms with Crippen molar-refractivity contribution in [1.82, 2.24) is 0 Å². The third-order valence-electron chi connectivity index (χ3n) is 3.97. The maximum Gasteiger partial charge on any atom is 0.338 e. The van der Waals surface area contributed by atoms with Crippen LogP contribution in [0.5, 0.6) is 0 Å². The van der Waals surface area contributed by atoms with Gasteiger partial charge in [0.15, 0.2) is 0 Å². The van der Waals surface area contributed by atoms with Gasteiger partial charge in [-0.25, -0.2) is 4.79 Å². The third-order valence-corrected chi connectivity index (χ3v) is 3.97. The summed E-state index contributed by atoms with van der Waals surface area (Å²) in [5, 5.41) is 2.72. The summed E-state index contributed by atoms with van der Waals surface area (Å²) in [5.74, 6) is -0.584. The predicted octanol–water partition coefficient (Wildman–Crippen LogP) is 4.61. The van der Waals surface area contributed by atoms with Crippen LogP contribution in [0.2, 0.25) is 0 Å². The number of benzene rings is 2. The van der Waals surface area contributed by atoms with Crippen LogP contribution in [0.3, 0.4) is 0 Å². The quantitative estimate of drug-likeness (QED) is 0.828. The molecule has 0 aliphatic rings. The van der Waals surface area contributed by atoms with Gasteiger partial charge in [0.1, 0.15) is 6.61 Å². The summed E-state index contributed by atoms with van der Waals surface area (Å²) in [6, 6.07) is 13.2. The number of carbonyl (C=O) groups is 2. The monoisotopic (exact) mass is 339 g/mol. The second kappa shape index (κ2) is 7.51. The van der Waals surface area contributed by atoms with Crippen LogP contribution in [0.15, 0.2) is 42.5 Å². The summed E-state index contributed by atoms with van der Waals surface area (Å²) >= 11 is 0. The van der Waals surface area contributed by atoms with Crippen molar-refractivity contribution in [2.75, 3.05) is 5.32 Å². The molecule has 0 bridgehead atoms. The Hall–Kier alpha value is -2.62. The molecule has 0 spiro atoms. The van der Waals surface area contributed by atoms with Gasteiger partial charge in [-0.2, -0.15) is 0 Å². The van der Waals surface area contributed by atoms with Gasteiger partial charge in [0.25, 0.3) is 0 Å². The fraction of sp³-hybridized carbons (Fsp3) is 0.333. The molecule has 0 fully saturated rings. The zero-order chi connectivity index (χ0) is 18.6. The van der Waals surface area contributed by atoms with Crippen LogP contribution in [0, 0.1) is 6.92 Å². The Labute approximate surface area is 149 Å². The summed E-state index contributed by atoms with van der Waals surface area (Å²) in [4.78, 5) is 23.5. The molecule has 0 saturated carbocycles. The normalized spacial score (nSPS) is 11.1. The second-order valence-corrected chi connectivity index (χ2v) is 7.23. The van der Waals surface area contributed by atoms with Crippen LogP contribution in [0.4, 0.5) is 5.69 Å². The highest BCUT2D eigenvalue weighted by molar-refractivity contribution is 5.94. The van der Waals surface area contributed by atoms with Gasteiger partial charge in [0, 0.05) is 12.6 Å². The van der Waals surface area contributed by atoms with Gasteiger partial charge < -0.3 is 10.1 Å². The van der Waals surface area contributed by atoms with Crippen LogP contribution in [-0.2, 0) is 21.6 Å². The Morgan fingerprint density at radius 2 is 1.68 bits per heavy atom. The zero-order valence-corrected chi connectivity index (χ0v) is 15.5. The van der Waals surface area contributed by atoms with Gasteiger partial charge in [-0.05, 0) is 41.2 Å². The van der Waals surface area contributed by atoms with Crippen molar-refractivity contribution in [3.05, 3.63) is 64.7 Å². The fourth-order valence-electron chi connectivity index (χ4n) is 2.41. The Morgan fingerprint density at radius 1 is 1.04 bits per heavy atom. The lowest BCUT2D eigenvalue weighted by atomic mass is 9.87. The molecule has 132 valence electrons. The molecular weight excluding hydrogens is 314 g/mol. The van der Waals surface area contributed by atoms with E-state index in [1.54, 1.807) is 18.2 Å². The highest BCUT2D eigenvalue weighted by Crippen LogP contribution is 2.22. The summed E-state index contributed by atoms with van der Waals surface area (Å²) in [7, 11) is 0. The fourth-order valence-corrected chi connectivity index (χ4v) is 2.41. The maximum absolute atomic E-state index is 12.3. The molecule has 2 rings (SSSR count). The van der Waals surface area contributed by atoms with E-state index >= 15 is 0 Å². The first-order valence-corrected chi connectivity index (χ1v) is 8.31. The lowest BCUT2D eigenvalue weighted by molar-refractivity contribution is -0.114. The molecule has 2 aromatic rings. The average Bonchev–Trinajstić information content (AvgIpc) is 2.54. The molecule has 1 amide bonds. The van der Waals surface area contributed by atoms with Gasteiger partial charge in [-0.1, -0.05) is 51.1 Å². The molecule has 25 heavy (non-hydrogen) atoms. The first kappa shape index (κ1) is 18.7. The van der Waals surface area contributed by atoms with Crippen molar-refractivity contribution in [3.8, 4) is 0 Å². The number of amides is 1. The number of anilines is 1. The zero-order valence-electron chi connectivity index (χ0n) is 15.5. The van der Waals surface area contributed by atoms with Crippen LogP contribution in [0.1, 0.15) is 54.7 Å². The molecule has 0 aromatic heterocycles. The van der Waals surface area contributed by atoms with E-state index in [0.29, 0.717) is 11.3 Å². The number of hydrogen-bond acceptors (Lipinski definition) is 3. The van der Waals surface area contributed by atoms with Crippen molar-refractivity contribution in [2.45, 2.75) is 46.6 Å². The van der Waals surface area contributed by atoms with Gasteiger partial charge >= 0.3 is 5.97 Å². The van der Waals surface area contributed by atoms with Crippen molar-refractivity contribution in [3.63, 3.8) is 0 Å². The molecule has 0 radical (unpaired) electrons. The summed E-state index contributed by atoms with van der Waals surface area (Å²) in [5.41, 5.74) is 4.20. The van der Waals surface area contributed by atoms with E-state index in [1.165, 1.54) is 12.5 Å². The van der Waals surface area contributed by atoms with Crippen molar-refractivity contribution in [2.24, 2.45) is 0 Å². The minimum atomic E-state index is -0.411. The molecule has 2 aromatic carbocycles. The molecule has 4 nitrogen and oxygen atoms in total. The van der Waals surface area contributed by atoms with E-state index in [2.05, 4.69) is 38.2 Å². The number of esters is 1. The second-order valence-electron chi connectivity index (χ2n) is 7.23. The van der Waals surface area contributed by atoms with Crippen LogP contribution in [-0.4, -0.2) is 11.9 Å². The summed E-state index contributed by atoms with van der Waals surface area (Å²) < 4.78 is 5.39. The standard InChI is InChI=1S/C21H25NO3/c1-14-6-9-17(12-19(14)22-15(2)23)20(24)25-13-16-7-10-18(11-8-16)21(3,4)5/h6-12H,13H2,1-5H3,(H,22,23). The molecule has 4 heteroatoms. The molecule has 1 N–H and O–H groups in total. The molecule has 0 heterocycles. The number of nitrogens with one attached hydrogen (secondary N) is 1. The Kier molecular flexibility index (Phi) is 5.62. The molecule has 0 aliphatic carbocycles. The molecule has 0 atom stereocenters. The Balaban J connectivity index is 2.04. The number of carbonyl (C=O) groups excluding carboxylic acids is 2. The third kappa shape index (κ3) is 5.18. The van der Waals surface area contributed by atoms with Gasteiger partial charge in [-0.3, -0.25) is 4.79 Å². The lowest BCUT2D eigenvalue weighted by Gasteiger charge is -2.19.